The zero-order valence-corrected chi connectivity index (χ0v) is 26.8. The third-order valence-electron chi connectivity index (χ3n) is 9.27. The number of phenolic OH excluding ortho intramolecular Hbond substituents is 4. The Morgan fingerprint density at radius 3 is 1.21 bits per heavy atom. The Bertz CT molecular complexity index is 1590. The Morgan fingerprint density at radius 2 is 0.833 bits per heavy atom. The SMILES string of the molecule is Cc1cc(C2(c3cc(C)c(O)c(Cl)c3)CCC(c3cc(C)c(O)c(Cl)c3)(c3ccc(Cl)c(O)c3C)CC2)cc(Cl)c1O. The van der Waals surface area contributed by atoms with Gasteiger partial charge in [-0.2, -0.15) is 0 Å². The molecule has 0 bridgehead atoms. The average molecular weight is 646 g/mol. The van der Waals surface area contributed by atoms with E-state index in [1.165, 1.54) is 0 Å². The molecule has 4 aromatic carbocycles. The Kier molecular flexibility index (Phi) is 8.08. The van der Waals surface area contributed by atoms with Gasteiger partial charge in [0.15, 0.2) is 0 Å². The second kappa shape index (κ2) is 11.1. The van der Waals surface area contributed by atoms with Gasteiger partial charge >= 0.3 is 0 Å². The monoisotopic (exact) mass is 644 g/mol. The Labute approximate surface area is 266 Å². The topological polar surface area (TPSA) is 80.9 Å². The van der Waals surface area contributed by atoms with E-state index < -0.39 is 10.8 Å². The number of phenols is 4. The zero-order chi connectivity index (χ0) is 30.7. The van der Waals surface area contributed by atoms with Gasteiger partial charge in [-0.1, -0.05) is 70.7 Å². The summed E-state index contributed by atoms with van der Waals surface area (Å²) in [7, 11) is 0. The molecule has 1 aliphatic carbocycles. The van der Waals surface area contributed by atoms with Gasteiger partial charge in [-0.25, -0.2) is 0 Å². The summed E-state index contributed by atoms with van der Waals surface area (Å²) in [6.45, 7) is 7.32. The van der Waals surface area contributed by atoms with E-state index in [0.29, 0.717) is 47.9 Å². The number of benzene rings is 4. The standard InChI is InChI=1S/C34H32Cl4O4/c1-17-11-21(14-26(36)29(17)39)33(22-12-18(2)30(40)27(37)15-22)7-9-34(10-8-33,23-13-19(3)31(41)28(38)16-23)24-5-6-25(35)32(42)20(24)4/h5-6,11-16,39-42H,7-10H2,1-4H3. The van der Waals surface area contributed by atoms with Gasteiger partial charge in [0.25, 0.3) is 0 Å². The summed E-state index contributed by atoms with van der Waals surface area (Å²) in [5.74, 6) is 0.165. The molecule has 4 aromatic rings. The molecule has 1 saturated carbocycles. The second-order valence-corrected chi connectivity index (χ2v) is 13.2. The fraction of sp³-hybridized carbons (Fsp3) is 0.294. The van der Waals surface area contributed by atoms with E-state index in [9.17, 15) is 20.4 Å². The first-order chi connectivity index (χ1) is 19.7. The first kappa shape index (κ1) is 30.7. The molecule has 1 aliphatic rings. The molecule has 5 rings (SSSR count). The van der Waals surface area contributed by atoms with Gasteiger partial charge in [-0.3, -0.25) is 0 Å². The highest BCUT2D eigenvalue weighted by molar-refractivity contribution is 6.33. The fourth-order valence-corrected chi connectivity index (χ4v) is 7.79. The number of aryl methyl sites for hydroxylation is 3. The number of rotatable bonds is 4. The van der Waals surface area contributed by atoms with Crippen LogP contribution in [0.15, 0.2) is 48.5 Å². The highest BCUT2D eigenvalue weighted by Crippen LogP contribution is 2.57. The highest BCUT2D eigenvalue weighted by atomic mass is 35.5. The van der Waals surface area contributed by atoms with Crippen LogP contribution in [0, 0.1) is 27.7 Å². The van der Waals surface area contributed by atoms with Crippen LogP contribution >= 0.6 is 46.4 Å². The van der Waals surface area contributed by atoms with Gasteiger partial charge in [-0.05, 0) is 122 Å². The van der Waals surface area contributed by atoms with Crippen LogP contribution in [0.5, 0.6) is 23.0 Å². The molecule has 1 fully saturated rings. The Balaban J connectivity index is 1.76. The molecule has 0 heterocycles. The summed E-state index contributed by atoms with van der Waals surface area (Å²) in [4.78, 5) is 0. The quantitative estimate of drug-likeness (QED) is 0.178. The van der Waals surface area contributed by atoms with E-state index in [0.717, 1.165) is 22.3 Å². The lowest BCUT2D eigenvalue weighted by molar-refractivity contribution is 0.255. The van der Waals surface area contributed by atoms with Gasteiger partial charge in [0.2, 0.25) is 0 Å². The third-order valence-corrected chi connectivity index (χ3v) is 10.4. The summed E-state index contributed by atoms with van der Waals surface area (Å²) < 4.78 is 0. The van der Waals surface area contributed by atoms with Crippen molar-refractivity contribution in [3.8, 4) is 23.0 Å². The summed E-state index contributed by atoms with van der Waals surface area (Å²) in [5.41, 5.74) is 5.26. The normalized spacial score (nSPS) is 16.0. The molecule has 0 unspecified atom stereocenters. The van der Waals surface area contributed by atoms with E-state index >= 15 is 0 Å². The predicted molar refractivity (Wildman–Crippen MR) is 171 cm³/mol. The van der Waals surface area contributed by atoms with Crippen molar-refractivity contribution < 1.29 is 20.4 Å². The fourth-order valence-electron chi connectivity index (χ4n) is 6.79. The van der Waals surface area contributed by atoms with Crippen LogP contribution < -0.4 is 0 Å². The zero-order valence-electron chi connectivity index (χ0n) is 23.7. The van der Waals surface area contributed by atoms with Crippen molar-refractivity contribution in [2.24, 2.45) is 0 Å². The molecule has 0 atom stereocenters. The molecule has 0 aromatic heterocycles. The molecule has 4 N–H and O–H groups in total. The van der Waals surface area contributed by atoms with Crippen molar-refractivity contribution >= 4 is 46.4 Å². The smallest absolute Gasteiger partial charge is 0.137 e. The van der Waals surface area contributed by atoms with Crippen LogP contribution in [0.25, 0.3) is 0 Å². The van der Waals surface area contributed by atoms with Gasteiger partial charge < -0.3 is 20.4 Å². The summed E-state index contributed by atoms with van der Waals surface area (Å²) in [6, 6.07) is 15.0. The van der Waals surface area contributed by atoms with Crippen LogP contribution in [-0.4, -0.2) is 20.4 Å². The molecule has 0 amide bonds. The highest BCUT2D eigenvalue weighted by Gasteiger charge is 2.48. The van der Waals surface area contributed by atoms with Crippen molar-refractivity contribution in [3.63, 3.8) is 0 Å². The second-order valence-electron chi connectivity index (χ2n) is 11.6. The molecule has 0 aliphatic heterocycles. The summed E-state index contributed by atoms with van der Waals surface area (Å²) in [6.07, 6.45) is 2.53. The molecule has 220 valence electrons. The summed E-state index contributed by atoms with van der Waals surface area (Å²) >= 11 is 25.9. The minimum Gasteiger partial charge on any atom is -0.506 e. The molecule has 42 heavy (non-hydrogen) atoms. The number of halogens is 4. The van der Waals surface area contributed by atoms with E-state index in [1.54, 1.807) is 6.07 Å². The minimum atomic E-state index is -0.580. The van der Waals surface area contributed by atoms with Crippen molar-refractivity contribution in [1.29, 1.82) is 0 Å². The third kappa shape index (κ3) is 4.87. The maximum absolute atomic E-state index is 10.9. The lowest BCUT2D eigenvalue weighted by Gasteiger charge is -2.49. The van der Waals surface area contributed by atoms with Crippen molar-refractivity contribution in [1.82, 2.24) is 0 Å². The van der Waals surface area contributed by atoms with Gasteiger partial charge in [0, 0.05) is 10.8 Å². The van der Waals surface area contributed by atoms with Crippen LogP contribution in [0.2, 0.25) is 20.1 Å². The molecule has 4 nitrogen and oxygen atoms in total. The molecule has 8 heteroatoms. The van der Waals surface area contributed by atoms with E-state index in [1.807, 2.05) is 70.2 Å². The largest absolute Gasteiger partial charge is 0.506 e. The van der Waals surface area contributed by atoms with E-state index in [4.69, 9.17) is 46.4 Å². The molecule has 0 saturated heterocycles. The molecule has 0 radical (unpaired) electrons. The first-order valence-electron chi connectivity index (χ1n) is 13.7. The average Bonchev–Trinajstić information content (AvgIpc) is 2.95. The van der Waals surface area contributed by atoms with E-state index in [2.05, 4.69) is 0 Å². The molecular formula is C34H32Cl4O4. The van der Waals surface area contributed by atoms with Crippen molar-refractivity contribution in [3.05, 3.63) is 113 Å². The van der Waals surface area contributed by atoms with Gasteiger partial charge in [0.05, 0.1) is 20.1 Å². The maximum atomic E-state index is 10.9. The molecular weight excluding hydrogens is 614 g/mol. The Morgan fingerprint density at radius 1 is 0.476 bits per heavy atom. The van der Waals surface area contributed by atoms with Crippen LogP contribution in [0.1, 0.15) is 70.2 Å². The van der Waals surface area contributed by atoms with Crippen LogP contribution in [0.3, 0.4) is 0 Å². The van der Waals surface area contributed by atoms with Crippen molar-refractivity contribution in [2.45, 2.75) is 64.2 Å². The molecule has 0 spiro atoms. The van der Waals surface area contributed by atoms with Crippen LogP contribution in [0.4, 0.5) is 0 Å². The minimum absolute atomic E-state index is 0.0360. The first-order valence-corrected chi connectivity index (χ1v) is 15.2. The number of hydrogen-bond acceptors (Lipinski definition) is 4. The van der Waals surface area contributed by atoms with Crippen LogP contribution in [-0.2, 0) is 10.8 Å². The van der Waals surface area contributed by atoms with E-state index in [-0.39, 0.29) is 43.1 Å². The lowest BCUT2D eigenvalue weighted by Crippen LogP contribution is -2.41. The Hall–Kier alpha value is -2.76. The van der Waals surface area contributed by atoms with Gasteiger partial charge in [-0.15, -0.1) is 0 Å². The number of aromatic hydroxyl groups is 4. The van der Waals surface area contributed by atoms with Gasteiger partial charge in [0.1, 0.15) is 23.0 Å². The van der Waals surface area contributed by atoms with Crippen molar-refractivity contribution in [2.75, 3.05) is 0 Å². The maximum Gasteiger partial charge on any atom is 0.137 e. The predicted octanol–water partition coefficient (Wildman–Crippen LogP) is 10.2. The summed E-state index contributed by atoms with van der Waals surface area (Å²) in [5, 5.41) is 43.4. The number of hydrogen-bond donors (Lipinski definition) is 4. The lowest BCUT2D eigenvalue weighted by atomic mass is 9.54.